The van der Waals surface area contributed by atoms with Gasteiger partial charge in [0.05, 0.1) is 0 Å². The van der Waals surface area contributed by atoms with E-state index in [1.165, 1.54) is 16.0 Å². The molecule has 3 aliphatic rings. The van der Waals surface area contributed by atoms with Gasteiger partial charge in [0.15, 0.2) is 6.17 Å². The Kier molecular flexibility index (Phi) is 6.00. The van der Waals surface area contributed by atoms with Gasteiger partial charge < -0.3 is 14.5 Å². The lowest BCUT2D eigenvalue weighted by molar-refractivity contribution is 0.288. The highest BCUT2D eigenvalue weighted by Gasteiger charge is 2.33. The molecule has 1 N–H and O–H groups in total. The van der Waals surface area contributed by atoms with E-state index >= 15 is 0 Å². The van der Waals surface area contributed by atoms with Gasteiger partial charge in [-0.1, -0.05) is 127 Å². The van der Waals surface area contributed by atoms with Crippen LogP contribution in [0.5, 0.6) is 5.75 Å². The van der Waals surface area contributed by atoms with E-state index in [9.17, 15) is 0 Å². The normalized spacial score (nSPS) is 19.1. The lowest BCUT2D eigenvalue weighted by Gasteiger charge is -2.22. The first kappa shape index (κ1) is 27.0. The summed E-state index contributed by atoms with van der Waals surface area (Å²) in [5, 5.41) is 8.13. The number of fused-ring (bicyclic) bond motifs is 7. The molecule has 1 aromatic heterocycles. The fourth-order valence-corrected chi connectivity index (χ4v) is 7.36. The predicted molar refractivity (Wildman–Crippen MR) is 193 cm³/mol. The molecule has 1 aliphatic carbocycles. The third-order valence-electron chi connectivity index (χ3n) is 9.66. The van der Waals surface area contributed by atoms with Gasteiger partial charge in [-0.25, -0.2) is 9.98 Å². The number of ether oxygens (including phenoxy) is 1. The predicted octanol–water partition coefficient (Wildman–Crippen LogP) is 7.87. The first-order valence-electron chi connectivity index (χ1n) is 16.3. The molecule has 0 saturated heterocycles. The Bertz CT molecular complexity index is 2590. The first-order valence-corrected chi connectivity index (χ1v) is 16.3. The van der Waals surface area contributed by atoms with Crippen LogP contribution in [0.1, 0.15) is 34.3 Å². The molecule has 5 nitrogen and oxygen atoms in total. The number of amidine groups is 2. The molecule has 0 bridgehead atoms. The molecule has 3 heterocycles. The van der Waals surface area contributed by atoms with Crippen molar-refractivity contribution in [2.75, 3.05) is 0 Å². The van der Waals surface area contributed by atoms with Gasteiger partial charge in [0.25, 0.3) is 0 Å². The minimum Gasteiger partial charge on any atom is -0.485 e. The van der Waals surface area contributed by atoms with Gasteiger partial charge >= 0.3 is 0 Å². The van der Waals surface area contributed by atoms with E-state index in [0.717, 1.165) is 67.2 Å². The third kappa shape index (κ3) is 4.32. The lowest BCUT2D eigenvalue weighted by atomic mass is 9.88. The van der Waals surface area contributed by atoms with Gasteiger partial charge in [0.1, 0.15) is 34.7 Å². The van der Waals surface area contributed by atoms with Gasteiger partial charge in [-0.2, -0.15) is 0 Å². The van der Waals surface area contributed by atoms with Crippen LogP contribution in [0.4, 0.5) is 0 Å². The van der Waals surface area contributed by atoms with E-state index < -0.39 is 0 Å². The van der Waals surface area contributed by atoms with Crippen LogP contribution >= 0.6 is 0 Å². The van der Waals surface area contributed by atoms with E-state index in [2.05, 4.69) is 108 Å². The zero-order valence-corrected chi connectivity index (χ0v) is 25.9. The Balaban J connectivity index is 1.10. The number of hydrogen-bond acceptors (Lipinski definition) is 5. The molecule has 3 unspecified atom stereocenters. The standard InChI is InChI=1S/C43H29N3O2/c1-3-11-26(12-4-1)41-44-42(27-13-5-2-6-14-27)46-43(45-41)33-19-10-20-37-39(33)32-18-9-17-31(40(32)48-37)30-21-22-36-34(24-30)35-23-28-15-7-8-16-29(28)25-38(35)47-36/h1-25,35,38,41H,(H,44,45,46). The number of hydrogen-bond donors (Lipinski definition) is 1. The Morgan fingerprint density at radius 1 is 0.583 bits per heavy atom. The van der Waals surface area contributed by atoms with E-state index in [1.54, 1.807) is 0 Å². The Morgan fingerprint density at radius 2 is 1.31 bits per heavy atom. The largest absolute Gasteiger partial charge is 0.485 e. The van der Waals surface area contributed by atoms with Crippen molar-refractivity contribution in [1.29, 1.82) is 0 Å². The van der Waals surface area contributed by atoms with Gasteiger partial charge in [0, 0.05) is 38.9 Å². The van der Waals surface area contributed by atoms with Gasteiger partial charge in [0.2, 0.25) is 0 Å². The summed E-state index contributed by atoms with van der Waals surface area (Å²) in [6, 6.07) is 48.1. The fraction of sp³-hybridized carbons (Fsp3) is 0.0698. The topological polar surface area (TPSA) is 59.1 Å². The molecule has 7 aromatic rings. The van der Waals surface area contributed by atoms with Crippen LogP contribution in [0.25, 0.3) is 45.2 Å². The summed E-state index contributed by atoms with van der Waals surface area (Å²) in [6.45, 7) is 0. The summed E-state index contributed by atoms with van der Waals surface area (Å²) in [7, 11) is 0. The smallest absolute Gasteiger partial charge is 0.169 e. The van der Waals surface area contributed by atoms with E-state index in [0.29, 0.717) is 0 Å². The maximum Gasteiger partial charge on any atom is 0.169 e. The van der Waals surface area contributed by atoms with Crippen molar-refractivity contribution in [3.63, 3.8) is 0 Å². The summed E-state index contributed by atoms with van der Waals surface area (Å²) >= 11 is 0. The molecule has 228 valence electrons. The van der Waals surface area contributed by atoms with Crippen molar-refractivity contribution in [3.05, 3.63) is 172 Å². The van der Waals surface area contributed by atoms with Crippen molar-refractivity contribution in [2.45, 2.75) is 18.2 Å². The summed E-state index contributed by atoms with van der Waals surface area (Å²) in [5.74, 6) is 2.67. The number of benzene rings is 6. The number of aliphatic imine (C=N–C) groups is 2. The van der Waals surface area contributed by atoms with Crippen LogP contribution < -0.4 is 20.5 Å². The maximum absolute atomic E-state index is 6.71. The third-order valence-corrected chi connectivity index (χ3v) is 9.66. The molecule has 6 aromatic carbocycles. The fourth-order valence-electron chi connectivity index (χ4n) is 7.36. The van der Waals surface area contributed by atoms with Crippen molar-refractivity contribution in [1.82, 2.24) is 5.32 Å². The number of furan rings is 1. The molecular formula is C43H29N3O2. The van der Waals surface area contributed by atoms with Crippen LogP contribution in [0.3, 0.4) is 0 Å². The average Bonchev–Trinajstić information content (AvgIpc) is 3.72. The molecule has 0 radical (unpaired) electrons. The molecule has 0 amide bonds. The number of para-hydroxylation sites is 1. The van der Waals surface area contributed by atoms with Crippen molar-refractivity contribution >= 4 is 45.8 Å². The molecule has 0 saturated carbocycles. The van der Waals surface area contributed by atoms with Crippen molar-refractivity contribution < 1.29 is 9.15 Å². The van der Waals surface area contributed by atoms with Crippen LogP contribution in [0.2, 0.25) is 0 Å². The summed E-state index contributed by atoms with van der Waals surface area (Å²) in [5.41, 5.74) is 8.05. The monoisotopic (exact) mass is 619 g/mol. The number of rotatable bonds is 4. The van der Waals surface area contributed by atoms with E-state index in [1.807, 2.05) is 48.5 Å². The summed E-state index contributed by atoms with van der Waals surface area (Å²) < 4.78 is 13.1. The van der Waals surface area contributed by atoms with Crippen LogP contribution in [0, 0.1) is 0 Å². The maximum atomic E-state index is 6.71. The Hall–Kier alpha value is -6.20. The molecule has 10 rings (SSSR count). The number of nitrogens with one attached hydrogen (secondary N) is 1. The van der Waals surface area contributed by atoms with Crippen LogP contribution in [-0.2, 0) is 0 Å². The molecular weight excluding hydrogens is 590 g/mol. The zero-order valence-electron chi connectivity index (χ0n) is 25.9. The Labute approximate surface area is 276 Å². The number of nitrogens with zero attached hydrogens (tertiary/aromatic N) is 2. The minimum absolute atomic E-state index is 0.00231. The highest BCUT2D eigenvalue weighted by atomic mass is 16.5. The van der Waals surface area contributed by atoms with Gasteiger partial charge in [-0.05, 0) is 45.8 Å². The Morgan fingerprint density at radius 3 is 2.17 bits per heavy atom. The molecule has 2 aliphatic heterocycles. The average molecular weight is 620 g/mol. The molecule has 0 fully saturated rings. The van der Waals surface area contributed by atoms with Crippen LogP contribution in [-0.4, -0.2) is 17.8 Å². The van der Waals surface area contributed by atoms with Crippen molar-refractivity contribution in [3.8, 4) is 16.9 Å². The second kappa shape index (κ2) is 10.7. The summed E-state index contributed by atoms with van der Waals surface area (Å²) in [4.78, 5) is 10.2. The summed E-state index contributed by atoms with van der Waals surface area (Å²) in [6.07, 6.45) is 4.22. The lowest BCUT2D eigenvalue weighted by Crippen LogP contribution is -2.36. The second-order valence-electron chi connectivity index (χ2n) is 12.5. The first-order chi connectivity index (χ1) is 23.8. The highest BCUT2D eigenvalue weighted by molar-refractivity contribution is 6.24. The van der Waals surface area contributed by atoms with E-state index in [-0.39, 0.29) is 18.2 Å². The SMILES string of the molecule is C1=c2ccccc2=CC2c3cc(-c4cccc5c4oc4cccc(C6=NC(c7ccccc7)N=C(c7ccccc7)N6)c45)ccc3OC12. The van der Waals surface area contributed by atoms with Crippen molar-refractivity contribution in [2.24, 2.45) is 9.98 Å². The van der Waals surface area contributed by atoms with Gasteiger partial charge in [-0.15, -0.1) is 0 Å². The molecule has 3 atom stereocenters. The van der Waals surface area contributed by atoms with E-state index in [4.69, 9.17) is 19.1 Å². The quantitative estimate of drug-likeness (QED) is 0.218. The zero-order chi connectivity index (χ0) is 31.6. The molecule has 5 heteroatoms. The second-order valence-corrected chi connectivity index (χ2v) is 12.5. The molecule has 0 spiro atoms. The van der Waals surface area contributed by atoms with Gasteiger partial charge in [-0.3, -0.25) is 0 Å². The highest BCUT2D eigenvalue weighted by Crippen LogP contribution is 2.44. The van der Waals surface area contributed by atoms with Crippen LogP contribution in [0.15, 0.2) is 154 Å². The molecule has 48 heavy (non-hydrogen) atoms. The minimum atomic E-state index is -0.375.